The molecule has 1 saturated heterocycles. The summed E-state index contributed by atoms with van der Waals surface area (Å²) in [5.41, 5.74) is 0.877. The third-order valence-electron chi connectivity index (χ3n) is 4.59. The van der Waals surface area contributed by atoms with Crippen molar-refractivity contribution in [3.8, 4) is 0 Å². The number of hydrogen-bond acceptors (Lipinski definition) is 3. The van der Waals surface area contributed by atoms with E-state index in [-0.39, 0.29) is 0 Å². The van der Waals surface area contributed by atoms with E-state index in [0.29, 0.717) is 12.6 Å². The molecule has 1 aliphatic heterocycles. The number of nitrogens with zero attached hydrogens (tertiary/aromatic N) is 2. The highest BCUT2D eigenvalue weighted by molar-refractivity contribution is 9.10. The van der Waals surface area contributed by atoms with E-state index in [2.05, 4.69) is 39.6 Å². The molecule has 1 aromatic carbocycles. The van der Waals surface area contributed by atoms with Crippen molar-refractivity contribution in [1.29, 1.82) is 0 Å². The van der Waals surface area contributed by atoms with E-state index in [9.17, 15) is 9.90 Å². The summed E-state index contributed by atoms with van der Waals surface area (Å²) in [6.07, 6.45) is 1.13. The van der Waals surface area contributed by atoms with Crippen LogP contribution in [0.5, 0.6) is 0 Å². The molecule has 122 valence electrons. The Hall–Kier alpha value is -0.910. The Balaban J connectivity index is 2.01. The average molecular weight is 369 g/mol. The van der Waals surface area contributed by atoms with Crippen molar-refractivity contribution in [2.24, 2.45) is 0 Å². The summed E-state index contributed by atoms with van der Waals surface area (Å²) >= 11 is 3.40. The summed E-state index contributed by atoms with van der Waals surface area (Å²) < 4.78 is 0.975. The minimum absolute atomic E-state index is 0.455. The maximum atomic E-state index is 11.7. The molecule has 0 bridgehead atoms. The molecule has 0 spiro atoms. The van der Waals surface area contributed by atoms with E-state index in [1.807, 2.05) is 24.3 Å². The van der Waals surface area contributed by atoms with Crippen LogP contribution < -0.4 is 0 Å². The fourth-order valence-electron chi connectivity index (χ4n) is 3.30. The minimum atomic E-state index is -0.742. The SMILES string of the molecule is CCN(CC)C1CCN(CC(C(=O)O)c2ccc(Br)cc2)C1. The molecule has 2 unspecified atom stereocenters. The molecule has 0 radical (unpaired) electrons. The second kappa shape index (κ2) is 8.09. The molecule has 1 aliphatic rings. The van der Waals surface area contributed by atoms with Crippen LogP contribution in [0.3, 0.4) is 0 Å². The molecule has 22 heavy (non-hydrogen) atoms. The molecule has 0 aromatic heterocycles. The van der Waals surface area contributed by atoms with Gasteiger partial charge in [0.15, 0.2) is 0 Å². The van der Waals surface area contributed by atoms with Crippen LogP contribution in [-0.2, 0) is 4.79 Å². The lowest BCUT2D eigenvalue weighted by Gasteiger charge is -2.27. The van der Waals surface area contributed by atoms with Gasteiger partial charge in [-0.3, -0.25) is 9.69 Å². The zero-order chi connectivity index (χ0) is 16.1. The second-order valence-corrected chi connectivity index (χ2v) is 6.78. The fraction of sp³-hybridized carbons (Fsp3) is 0.588. The Kier molecular flexibility index (Phi) is 6.41. The van der Waals surface area contributed by atoms with Gasteiger partial charge in [0.25, 0.3) is 0 Å². The minimum Gasteiger partial charge on any atom is -0.481 e. The van der Waals surface area contributed by atoms with E-state index in [4.69, 9.17) is 0 Å². The van der Waals surface area contributed by atoms with Gasteiger partial charge in [-0.2, -0.15) is 0 Å². The molecule has 2 atom stereocenters. The molecule has 2 rings (SSSR count). The molecule has 1 heterocycles. The number of likely N-dealkylation sites (tertiary alicyclic amines) is 1. The van der Waals surface area contributed by atoms with Crippen molar-refractivity contribution in [2.45, 2.75) is 32.2 Å². The summed E-state index contributed by atoms with van der Waals surface area (Å²) in [5.74, 6) is -1.20. The normalized spacial score (nSPS) is 20.5. The first-order chi connectivity index (χ1) is 10.5. The third kappa shape index (κ3) is 4.31. The second-order valence-electron chi connectivity index (χ2n) is 5.87. The van der Waals surface area contributed by atoms with E-state index < -0.39 is 11.9 Å². The molecule has 0 saturated carbocycles. The molecule has 1 fully saturated rings. The first kappa shape index (κ1) is 17.4. The smallest absolute Gasteiger partial charge is 0.312 e. The van der Waals surface area contributed by atoms with Crippen LogP contribution in [0.1, 0.15) is 31.7 Å². The van der Waals surface area contributed by atoms with Gasteiger partial charge in [0.05, 0.1) is 5.92 Å². The van der Waals surface area contributed by atoms with Crippen molar-refractivity contribution < 1.29 is 9.90 Å². The Morgan fingerprint density at radius 3 is 2.55 bits per heavy atom. The van der Waals surface area contributed by atoms with Gasteiger partial charge >= 0.3 is 5.97 Å². The van der Waals surface area contributed by atoms with E-state index in [1.165, 1.54) is 0 Å². The zero-order valence-electron chi connectivity index (χ0n) is 13.3. The van der Waals surface area contributed by atoms with Crippen LogP contribution in [0.2, 0.25) is 0 Å². The summed E-state index contributed by atoms with van der Waals surface area (Å²) in [7, 11) is 0. The molecular weight excluding hydrogens is 344 g/mol. The Morgan fingerprint density at radius 1 is 1.36 bits per heavy atom. The number of rotatable bonds is 7. The van der Waals surface area contributed by atoms with Gasteiger partial charge in [0.1, 0.15) is 0 Å². The summed E-state index contributed by atoms with van der Waals surface area (Å²) in [5, 5.41) is 9.57. The average Bonchev–Trinajstić information content (AvgIpc) is 2.95. The predicted molar refractivity (Wildman–Crippen MR) is 92.3 cm³/mol. The van der Waals surface area contributed by atoms with Gasteiger partial charge in [-0.1, -0.05) is 41.9 Å². The van der Waals surface area contributed by atoms with Gasteiger partial charge in [0.2, 0.25) is 0 Å². The lowest BCUT2D eigenvalue weighted by molar-refractivity contribution is -0.139. The molecule has 5 heteroatoms. The molecule has 0 amide bonds. The number of carboxylic acids is 1. The van der Waals surface area contributed by atoms with Crippen molar-refractivity contribution in [3.63, 3.8) is 0 Å². The summed E-state index contributed by atoms with van der Waals surface area (Å²) in [4.78, 5) is 16.4. The topological polar surface area (TPSA) is 43.8 Å². The first-order valence-electron chi connectivity index (χ1n) is 7.99. The predicted octanol–water partition coefficient (Wildman–Crippen LogP) is 3.03. The van der Waals surface area contributed by atoms with Crippen LogP contribution in [0, 0.1) is 0 Å². The number of likely N-dealkylation sites (N-methyl/N-ethyl adjacent to an activating group) is 1. The Bertz CT molecular complexity index is 488. The molecule has 0 aliphatic carbocycles. The van der Waals surface area contributed by atoms with Gasteiger partial charge in [-0.15, -0.1) is 0 Å². The van der Waals surface area contributed by atoms with Crippen LogP contribution in [0.4, 0.5) is 0 Å². The highest BCUT2D eigenvalue weighted by Crippen LogP contribution is 2.23. The van der Waals surface area contributed by atoms with Crippen LogP contribution in [0.15, 0.2) is 28.7 Å². The third-order valence-corrected chi connectivity index (χ3v) is 5.12. The molecule has 1 N–H and O–H groups in total. The van der Waals surface area contributed by atoms with Gasteiger partial charge < -0.3 is 10.0 Å². The fourth-order valence-corrected chi connectivity index (χ4v) is 3.56. The Morgan fingerprint density at radius 2 is 2.00 bits per heavy atom. The Labute approximate surface area is 141 Å². The van der Waals surface area contributed by atoms with Crippen LogP contribution >= 0.6 is 15.9 Å². The number of benzene rings is 1. The van der Waals surface area contributed by atoms with Crippen LogP contribution in [-0.4, -0.2) is 59.6 Å². The van der Waals surface area contributed by atoms with Gasteiger partial charge in [-0.05, 0) is 43.8 Å². The number of aliphatic carboxylic acids is 1. The maximum absolute atomic E-state index is 11.7. The van der Waals surface area contributed by atoms with Crippen molar-refractivity contribution in [3.05, 3.63) is 34.3 Å². The van der Waals surface area contributed by atoms with Crippen LogP contribution in [0.25, 0.3) is 0 Å². The highest BCUT2D eigenvalue weighted by Gasteiger charge is 2.30. The number of carboxylic acid groups (broad SMARTS) is 1. The quantitative estimate of drug-likeness (QED) is 0.803. The number of hydrogen-bond donors (Lipinski definition) is 1. The van der Waals surface area contributed by atoms with Gasteiger partial charge in [0, 0.05) is 23.6 Å². The van der Waals surface area contributed by atoms with E-state index in [0.717, 1.165) is 42.6 Å². The lowest BCUT2D eigenvalue weighted by atomic mass is 9.99. The van der Waals surface area contributed by atoms with Crippen molar-refractivity contribution in [1.82, 2.24) is 9.80 Å². The largest absolute Gasteiger partial charge is 0.481 e. The summed E-state index contributed by atoms with van der Waals surface area (Å²) in [6.45, 7) is 9.05. The maximum Gasteiger partial charge on any atom is 0.312 e. The molecule has 4 nitrogen and oxygen atoms in total. The zero-order valence-corrected chi connectivity index (χ0v) is 14.9. The molecular formula is C17H25BrN2O2. The lowest BCUT2D eigenvalue weighted by Crippen LogP contribution is -2.38. The molecule has 1 aromatic rings. The van der Waals surface area contributed by atoms with E-state index in [1.54, 1.807) is 0 Å². The first-order valence-corrected chi connectivity index (χ1v) is 8.79. The van der Waals surface area contributed by atoms with E-state index >= 15 is 0 Å². The van der Waals surface area contributed by atoms with Crippen molar-refractivity contribution >= 4 is 21.9 Å². The summed E-state index contributed by atoms with van der Waals surface area (Å²) in [6, 6.07) is 8.19. The number of carbonyl (C=O) groups is 1. The highest BCUT2D eigenvalue weighted by atomic mass is 79.9. The number of halogens is 1. The standard InChI is InChI=1S/C17H25BrN2O2/c1-3-20(4-2)15-9-10-19(11-15)12-16(17(21)22)13-5-7-14(18)8-6-13/h5-8,15-16H,3-4,9-12H2,1-2H3,(H,21,22). The van der Waals surface area contributed by atoms with Gasteiger partial charge in [-0.25, -0.2) is 0 Å². The van der Waals surface area contributed by atoms with Crippen molar-refractivity contribution in [2.75, 3.05) is 32.7 Å². The monoisotopic (exact) mass is 368 g/mol.